The van der Waals surface area contributed by atoms with E-state index in [9.17, 15) is 4.79 Å². The first-order chi connectivity index (χ1) is 16.9. The lowest BCUT2D eigenvalue weighted by Crippen LogP contribution is -2.52. The molecule has 1 atom stereocenters. The normalized spacial score (nSPS) is 19.9. The van der Waals surface area contributed by atoms with E-state index in [1.54, 1.807) is 0 Å². The third kappa shape index (κ3) is 4.78. The summed E-state index contributed by atoms with van der Waals surface area (Å²) >= 11 is 0. The summed E-state index contributed by atoms with van der Waals surface area (Å²) in [5.74, 6) is 0.750. The molecule has 1 aliphatic carbocycles. The second-order valence-corrected chi connectivity index (χ2v) is 11.0. The van der Waals surface area contributed by atoms with Gasteiger partial charge >= 0.3 is 0 Å². The van der Waals surface area contributed by atoms with Crippen molar-refractivity contribution in [3.63, 3.8) is 0 Å². The molecule has 188 valence electrons. The molecule has 3 aromatic rings. The van der Waals surface area contributed by atoms with Gasteiger partial charge in [0.05, 0.1) is 5.54 Å². The lowest BCUT2D eigenvalue weighted by atomic mass is 9.93. The molecule has 5 rings (SSSR count). The molecule has 0 unspecified atom stereocenters. The number of aromatic amines is 1. The maximum absolute atomic E-state index is 13.5. The molecule has 0 radical (unpaired) electrons. The number of hydrogen-bond donors (Lipinski definition) is 1. The Morgan fingerprint density at radius 2 is 1.83 bits per heavy atom. The molecular formula is C27H39N7O. The Labute approximate surface area is 207 Å². The molecule has 1 aromatic carbocycles. The number of aryl methyl sites for hydroxylation is 1. The molecule has 1 saturated carbocycles. The number of H-pyrrole nitrogens is 1. The summed E-state index contributed by atoms with van der Waals surface area (Å²) in [6.45, 7) is 12.3. The van der Waals surface area contributed by atoms with Gasteiger partial charge in [-0.3, -0.25) is 14.6 Å². The van der Waals surface area contributed by atoms with Gasteiger partial charge in [0.15, 0.2) is 5.82 Å². The molecule has 0 spiro atoms. The van der Waals surface area contributed by atoms with Gasteiger partial charge in [0.1, 0.15) is 6.04 Å². The van der Waals surface area contributed by atoms with E-state index in [4.69, 9.17) is 0 Å². The molecule has 0 bridgehead atoms. The number of hydrogen-bond acceptors (Lipinski definition) is 6. The third-order valence-corrected chi connectivity index (χ3v) is 8.31. The molecule has 1 aliphatic heterocycles. The second-order valence-electron chi connectivity index (χ2n) is 11.0. The van der Waals surface area contributed by atoms with Crippen molar-refractivity contribution in [2.45, 2.75) is 83.8 Å². The maximum Gasteiger partial charge on any atom is 0.253 e. The number of tetrazole rings is 1. The van der Waals surface area contributed by atoms with Crippen LogP contribution in [0.5, 0.6) is 0 Å². The number of nitrogens with zero attached hydrogens (tertiary/aromatic N) is 6. The van der Waals surface area contributed by atoms with Gasteiger partial charge in [-0.15, -0.1) is 5.10 Å². The highest BCUT2D eigenvalue weighted by atomic mass is 16.1. The number of aromatic nitrogens is 5. The molecule has 1 saturated heterocycles. The van der Waals surface area contributed by atoms with Crippen molar-refractivity contribution in [2.24, 2.45) is 0 Å². The number of piperazine rings is 1. The summed E-state index contributed by atoms with van der Waals surface area (Å²) in [5.41, 5.74) is 2.40. The zero-order chi connectivity index (χ0) is 24.6. The second kappa shape index (κ2) is 9.82. The summed E-state index contributed by atoms with van der Waals surface area (Å²) in [6.07, 6.45) is 7.59. The molecule has 8 nitrogen and oxygen atoms in total. The maximum atomic E-state index is 13.5. The first kappa shape index (κ1) is 24.1. The first-order valence-electron chi connectivity index (χ1n) is 13.3. The minimum atomic E-state index is -0.293. The zero-order valence-corrected chi connectivity index (χ0v) is 21.6. The quantitative estimate of drug-likeness (QED) is 0.578. The van der Waals surface area contributed by atoms with Gasteiger partial charge in [-0.2, -0.15) is 0 Å². The zero-order valence-electron chi connectivity index (χ0n) is 21.6. The third-order valence-electron chi connectivity index (χ3n) is 8.31. The topological polar surface area (TPSA) is 82.9 Å². The Bertz CT molecular complexity index is 1220. The summed E-state index contributed by atoms with van der Waals surface area (Å²) in [7, 11) is 0. The lowest BCUT2D eigenvalue weighted by molar-refractivity contribution is 0.0603. The Morgan fingerprint density at radius 3 is 2.54 bits per heavy atom. The summed E-state index contributed by atoms with van der Waals surface area (Å²) in [4.78, 5) is 21.7. The number of nitrogens with one attached hydrogen (secondary N) is 1. The van der Waals surface area contributed by atoms with Crippen LogP contribution in [-0.2, 0) is 5.54 Å². The van der Waals surface area contributed by atoms with Crippen LogP contribution in [0.1, 0.15) is 82.3 Å². The Kier molecular flexibility index (Phi) is 6.77. The van der Waals surface area contributed by atoms with E-state index < -0.39 is 0 Å². The molecule has 2 aliphatic rings. The average molecular weight is 478 g/mol. The Morgan fingerprint density at radius 1 is 1.09 bits per heavy atom. The van der Waals surface area contributed by atoms with Gasteiger partial charge < -0.3 is 4.98 Å². The van der Waals surface area contributed by atoms with E-state index in [0.29, 0.717) is 6.04 Å². The molecule has 3 heterocycles. The fraction of sp³-hybridized carbons (Fsp3) is 0.630. The minimum absolute atomic E-state index is 0.0633. The fourth-order valence-electron chi connectivity index (χ4n) is 5.79. The Hall–Kier alpha value is -2.58. The summed E-state index contributed by atoms with van der Waals surface area (Å²) < 4.78 is 1.93. The number of rotatable bonds is 6. The van der Waals surface area contributed by atoms with Gasteiger partial charge in [0.2, 0.25) is 0 Å². The van der Waals surface area contributed by atoms with Gasteiger partial charge in [-0.05, 0) is 73.5 Å². The van der Waals surface area contributed by atoms with E-state index in [0.717, 1.165) is 60.5 Å². The van der Waals surface area contributed by atoms with E-state index in [-0.39, 0.29) is 17.1 Å². The summed E-state index contributed by atoms with van der Waals surface area (Å²) in [6, 6.07) is 8.67. The van der Waals surface area contributed by atoms with Crippen LogP contribution in [0.4, 0.5) is 0 Å². The molecule has 35 heavy (non-hydrogen) atoms. The molecular weight excluding hydrogens is 438 g/mol. The molecule has 1 N–H and O–H groups in total. The van der Waals surface area contributed by atoms with Crippen molar-refractivity contribution in [3.05, 3.63) is 51.6 Å². The lowest BCUT2D eigenvalue weighted by Gasteiger charge is -2.43. The van der Waals surface area contributed by atoms with Crippen LogP contribution in [0, 0.1) is 6.92 Å². The highest BCUT2D eigenvalue weighted by Crippen LogP contribution is 2.32. The van der Waals surface area contributed by atoms with Crippen molar-refractivity contribution in [2.75, 3.05) is 26.2 Å². The van der Waals surface area contributed by atoms with Crippen LogP contribution < -0.4 is 5.56 Å². The van der Waals surface area contributed by atoms with Crippen molar-refractivity contribution in [1.82, 2.24) is 35.0 Å². The Balaban J connectivity index is 1.53. The predicted octanol–water partition coefficient (Wildman–Crippen LogP) is 4.01. The van der Waals surface area contributed by atoms with Crippen LogP contribution in [0.2, 0.25) is 0 Å². The van der Waals surface area contributed by atoms with E-state index in [1.165, 1.54) is 32.1 Å². The van der Waals surface area contributed by atoms with Crippen molar-refractivity contribution < 1.29 is 0 Å². The molecule has 2 fully saturated rings. The van der Waals surface area contributed by atoms with Crippen LogP contribution in [0.3, 0.4) is 0 Å². The minimum Gasteiger partial charge on any atom is -0.322 e. The predicted molar refractivity (Wildman–Crippen MR) is 139 cm³/mol. The standard InChI is InChI=1S/C27H39N7O/c1-5-27(3,4)34-25(29-30-31-34)24(22-18-20-12-11-19(2)17-23(20)28-26(22)35)33-15-13-32(14-16-33)21-9-7-6-8-10-21/h11-12,17-18,21,24H,5-10,13-16H2,1-4H3,(H,28,35)/t24-/m1/s1. The largest absolute Gasteiger partial charge is 0.322 e. The highest BCUT2D eigenvalue weighted by molar-refractivity contribution is 5.79. The SMILES string of the molecule is CCC(C)(C)n1nnnc1[C@@H](c1cc2ccc(C)cc2[nH]c1=O)N1CCN(C2CCCCC2)CC1. The molecule has 8 heteroatoms. The number of benzene rings is 1. The van der Waals surface area contributed by atoms with Gasteiger partial charge in [-0.1, -0.05) is 38.3 Å². The first-order valence-corrected chi connectivity index (χ1v) is 13.3. The smallest absolute Gasteiger partial charge is 0.253 e. The molecule has 0 amide bonds. The van der Waals surface area contributed by atoms with Crippen molar-refractivity contribution in [1.29, 1.82) is 0 Å². The van der Waals surface area contributed by atoms with E-state index >= 15 is 0 Å². The van der Waals surface area contributed by atoms with E-state index in [2.05, 4.69) is 63.2 Å². The van der Waals surface area contributed by atoms with Crippen LogP contribution in [0.25, 0.3) is 10.9 Å². The highest BCUT2D eigenvalue weighted by Gasteiger charge is 2.36. The average Bonchev–Trinajstić information content (AvgIpc) is 3.36. The van der Waals surface area contributed by atoms with Crippen LogP contribution in [0.15, 0.2) is 29.1 Å². The van der Waals surface area contributed by atoms with Crippen LogP contribution in [-0.4, -0.2) is 67.2 Å². The van der Waals surface area contributed by atoms with Gasteiger partial charge in [0, 0.05) is 43.3 Å². The number of fused-ring (bicyclic) bond motifs is 1. The summed E-state index contributed by atoms with van der Waals surface area (Å²) in [5, 5.41) is 14.0. The van der Waals surface area contributed by atoms with Crippen LogP contribution >= 0.6 is 0 Å². The van der Waals surface area contributed by atoms with E-state index in [1.807, 2.05) is 23.7 Å². The number of pyridine rings is 1. The fourth-order valence-corrected chi connectivity index (χ4v) is 5.79. The monoisotopic (exact) mass is 477 g/mol. The van der Waals surface area contributed by atoms with Gasteiger partial charge in [-0.25, -0.2) is 4.68 Å². The molecule has 2 aromatic heterocycles. The van der Waals surface area contributed by atoms with Gasteiger partial charge in [0.25, 0.3) is 5.56 Å². The van der Waals surface area contributed by atoms with Crippen molar-refractivity contribution in [3.8, 4) is 0 Å². The van der Waals surface area contributed by atoms with Crippen molar-refractivity contribution >= 4 is 10.9 Å².